The number of likely N-dealkylation sites (tertiary alicyclic amines) is 1. The highest BCUT2D eigenvalue weighted by Gasteiger charge is 2.47. The summed E-state index contributed by atoms with van der Waals surface area (Å²) in [5.74, 6) is 0.0736. The Labute approximate surface area is 82.9 Å². The molecule has 2 aliphatic rings. The minimum atomic E-state index is -0.829. The number of nitrogens with zero attached hydrogens (tertiary/aromatic N) is 1. The van der Waals surface area contributed by atoms with Crippen LogP contribution < -0.4 is 0 Å². The molecule has 1 amide bonds. The number of carboxylic acids is 1. The molecule has 1 saturated heterocycles. The molecule has 2 rings (SSSR count). The number of hydrogen-bond acceptors (Lipinski definition) is 2. The molecule has 2 fully saturated rings. The number of rotatable bonds is 3. The van der Waals surface area contributed by atoms with Crippen molar-refractivity contribution in [3.63, 3.8) is 0 Å². The highest BCUT2D eigenvalue weighted by atomic mass is 16.4. The maximum atomic E-state index is 11.7. The standard InChI is InChI=1S/C10H15NO3/c1-6(4-9(12)13)11-5-7-2-3-8(7)10(11)14/h6-8H,2-5H2,1H3,(H,12,13). The number of amides is 1. The maximum absolute atomic E-state index is 11.7. The second-order valence-electron chi connectivity index (χ2n) is 4.38. The van der Waals surface area contributed by atoms with Gasteiger partial charge in [-0.2, -0.15) is 0 Å². The molecule has 0 aromatic rings. The molecule has 0 spiro atoms. The van der Waals surface area contributed by atoms with Crippen LogP contribution in [0.3, 0.4) is 0 Å². The molecule has 0 bridgehead atoms. The molecule has 78 valence electrons. The second kappa shape index (κ2) is 3.26. The van der Waals surface area contributed by atoms with E-state index >= 15 is 0 Å². The fraction of sp³-hybridized carbons (Fsp3) is 0.800. The van der Waals surface area contributed by atoms with E-state index in [0.29, 0.717) is 5.92 Å². The first kappa shape index (κ1) is 9.49. The van der Waals surface area contributed by atoms with Crippen LogP contribution in [0.15, 0.2) is 0 Å². The zero-order chi connectivity index (χ0) is 10.3. The molecule has 4 nitrogen and oxygen atoms in total. The van der Waals surface area contributed by atoms with Crippen LogP contribution in [0.4, 0.5) is 0 Å². The molecular formula is C10H15NO3. The zero-order valence-electron chi connectivity index (χ0n) is 8.27. The van der Waals surface area contributed by atoms with E-state index < -0.39 is 5.97 Å². The maximum Gasteiger partial charge on any atom is 0.305 e. The minimum Gasteiger partial charge on any atom is -0.481 e. The van der Waals surface area contributed by atoms with Crippen LogP contribution in [-0.2, 0) is 9.59 Å². The van der Waals surface area contributed by atoms with Crippen molar-refractivity contribution in [2.24, 2.45) is 11.8 Å². The van der Waals surface area contributed by atoms with Gasteiger partial charge in [0.15, 0.2) is 0 Å². The van der Waals surface area contributed by atoms with Gasteiger partial charge in [-0.15, -0.1) is 0 Å². The lowest BCUT2D eigenvalue weighted by atomic mass is 9.76. The van der Waals surface area contributed by atoms with Gasteiger partial charge in [-0.25, -0.2) is 0 Å². The van der Waals surface area contributed by atoms with Crippen molar-refractivity contribution in [1.29, 1.82) is 0 Å². The van der Waals surface area contributed by atoms with Crippen LogP contribution in [0.5, 0.6) is 0 Å². The summed E-state index contributed by atoms with van der Waals surface area (Å²) in [4.78, 5) is 24.0. The first-order valence-electron chi connectivity index (χ1n) is 5.12. The topological polar surface area (TPSA) is 57.6 Å². The van der Waals surface area contributed by atoms with Gasteiger partial charge in [0.2, 0.25) is 5.91 Å². The van der Waals surface area contributed by atoms with Crippen LogP contribution >= 0.6 is 0 Å². The summed E-state index contributed by atoms with van der Waals surface area (Å²) >= 11 is 0. The Bertz CT molecular complexity index is 277. The lowest BCUT2D eigenvalue weighted by molar-refractivity contribution is -0.140. The average Bonchev–Trinajstić information content (AvgIpc) is 2.20. The van der Waals surface area contributed by atoms with E-state index in [9.17, 15) is 9.59 Å². The number of carbonyl (C=O) groups is 2. The van der Waals surface area contributed by atoms with E-state index in [1.165, 1.54) is 0 Å². The van der Waals surface area contributed by atoms with Crippen molar-refractivity contribution in [2.75, 3.05) is 6.54 Å². The highest BCUT2D eigenvalue weighted by molar-refractivity contribution is 5.83. The fourth-order valence-corrected chi connectivity index (χ4v) is 2.43. The van der Waals surface area contributed by atoms with Gasteiger partial charge in [0.1, 0.15) is 0 Å². The monoisotopic (exact) mass is 197 g/mol. The molecule has 0 aromatic carbocycles. The number of aliphatic carboxylic acids is 1. The van der Waals surface area contributed by atoms with Crippen LogP contribution in [0, 0.1) is 11.8 Å². The second-order valence-corrected chi connectivity index (χ2v) is 4.38. The third-order valence-electron chi connectivity index (χ3n) is 3.45. The zero-order valence-corrected chi connectivity index (χ0v) is 8.27. The molecule has 14 heavy (non-hydrogen) atoms. The molecule has 1 heterocycles. The SMILES string of the molecule is CC(CC(=O)O)N1CC2CCC2C1=O. The average molecular weight is 197 g/mol. The highest BCUT2D eigenvalue weighted by Crippen LogP contribution is 2.42. The Kier molecular flexibility index (Phi) is 2.21. The summed E-state index contributed by atoms with van der Waals surface area (Å²) in [6.07, 6.45) is 2.19. The van der Waals surface area contributed by atoms with Crippen LogP contribution in [0.25, 0.3) is 0 Å². The number of hydrogen-bond donors (Lipinski definition) is 1. The van der Waals surface area contributed by atoms with Crippen molar-refractivity contribution in [3.8, 4) is 0 Å². The van der Waals surface area contributed by atoms with Gasteiger partial charge in [0, 0.05) is 18.5 Å². The van der Waals surface area contributed by atoms with E-state index in [0.717, 1.165) is 19.4 Å². The molecule has 1 aliphatic heterocycles. The molecule has 0 aromatic heterocycles. The Hall–Kier alpha value is -1.06. The van der Waals surface area contributed by atoms with Gasteiger partial charge in [0.05, 0.1) is 6.42 Å². The summed E-state index contributed by atoms with van der Waals surface area (Å²) in [7, 11) is 0. The van der Waals surface area contributed by atoms with Gasteiger partial charge in [0.25, 0.3) is 0 Å². The van der Waals surface area contributed by atoms with Crippen molar-refractivity contribution in [1.82, 2.24) is 4.90 Å². The van der Waals surface area contributed by atoms with E-state index in [2.05, 4.69) is 0 Å². The van der Waals surface area contributed by atoms with Crippen molar-refractivity contribution in [3.05, 3.63) is 0 Å². The van der Waals surface area contributed by atoms with E-state index in [1.807, 2.05) is 6.92 Å². The quantitative estimate of drug-likeness (QED) is 0.725. The van der Waals surface area contributed by atoms with Crippen LogP contribution in [0.1, 0.15) is 26.2 Å². The summed E-state index contributed by atoms with van der Waals surface area (Å²) in [5, 5.41) is 8.64. The molecule has 1 saturated carbocycles. The van der Waals surface area contributed by atoms with Crippen molar-refractivity contribution >= 4 is 11.9 Å². The lowest BCUT2D eigenvalue weighted by Crippen LogP contribution is -2.36. The number of carbonyl (C=O) groups excluding carboxylic acids is 1. The molecule has 4 heteroatoms. The van der Waals surface area contributed by atoms with E-state index in [4.69, 9.17) is 5.11 Å². The molecule has 3 atom stereocenters. The van der Waals surface area contributed by atoms with Gasteiger partial charge in [-0.3, -0.25) is 9.59 Å². The van der Waals surface area contributed by atoms with E-state index in [-0.39, 0.29) is 24.3 Å². The van der Waals surface area contributed by atoms with Gasteiger partial charge >= 0.3 is 5.97 Å². The van der Waals surface area contributed by atoms with Crippen LogP contribution in [-0.4, -0.2) is 34.5 Å². The van der Waals surface area contributed by atoms with Gasteiger partial charge in [-0.1, -0.05) is 0 Å². The summed E-state index contributed by atoms with van der Waals surface area (Å²) in [5.41, 5.74) is 0. The Morgan fingerprint density at radius 3 is 2.71 bits per heavy atom. The third kappa shape index (κ3) is 1.38. The normalized spacial score (nSPS) is 32.4. The van der Waals surface area contributed by atoms with Crippen molar-refractivity contribution in [2.45, 2.75) is 32.2 Å². The molecule has 0 radical (unpaired) electrons. The summed E-state index contributed by atoms with van der Waals surface area (Å²) in [6, 6.07) is -0.148. The van der Waals surface area contributed by atoms with Gasteiger partial charge < -0.3 is 10.0 Å². The first-order chi connectivity index (χ1) is 6.59. The fourth-order valence-electron chi connectivity index (χ4n) is 2.43. The largest absolute Gasteiger partial charge is 0.481 e. The molecule has 3 unspecified atom stereocenters. The Morgan fingerprint density at radius 1 is 1.64 bits per heavy atom. The Balaban J connectivity index is 1.98. The predicted octanol–water partition coefficient (Wildman–Crippen LogP) is 0.718. The smallest absolute Gasteiger partial charge is 0.305 e. The lowest BCUT2D eigenvalue weighted by Gasteiger charge is -2.25. The Morgan fingerprint density at radius 2 is 2.36 bits per heavy atom. The molecule has 1 aliphatic carbocycles. The minimum absolute atomic E-state index is 0.0607. The first-order valence-corrected chi connectivity index (χ1v) is 5.12. The predicted molar refractivity (Wildman–Crippen MR) is 49.6 cm³/mol. The van der Waals surface area contributed by atoms with E-state index in [1.54, 1.807) is 4.90 Å². The molecular weight excluding hydrogens is 182 g/mol. The number of carboxylic acid groups (broad SMARTS) is 1. The number of fused-ring (bicyclic) bond motifs is 1. The van der Waals surface area contributed by atoms with Gasteiger partial charge in [-0.05, 0) is 25.7 Å². The van der Waals surface area contributed by atoms with Crippen molar-refractivity contribution < 1.29 is 14.7 Å². The molecule has 1 N–H and O–H groups in total. The van der Waals surface area contributed by atoms with Crippen LogP contribution in [0.2, 0.25) is 0 Å². The third-order valence-corrected chi connectivity index (χ3v) is 3.45. The summed E-state index contributed by atoms with van der Waals surface area (Å²) < 4.78 is 0. The summed E-state index contributed by atoms with van der Waals surface area (Å²) in [6.45, 7) is 2.59.